The van der Waals surface area contributed by atoms with Crippen LogP contribution in [0, 0.1) is 5.82 Å². The first-order chi connectivity index (χ1) is 16.3. The molecule has 8 nitrogen and oxygen atoms in total. The highest BCUT2D eigenvalue weighted by atomic mass is 19.1. The topological polar surface area (TPSA) is 93.5 Å². The lowest BCUT2D eigenvalue weighted by Gasteiger charge is -2.43. The first kappa shape index (κ1) is 23.9. The van der Waals surface area contributed by atoms with Gasteiger partial charge in [0, 0.05) is 17.8 Å². The number of carbonyl (C=O) groups excluding carboxylic acids is 3. The summed E-state index contributed by atoms with van der Waals surface area (Å²) in [6.07, 6.45) is 7.41. The van der Waals surface area contributed by atoms with Crippen LogP contribution in [0.2, 0.25) is 0 Å². The monoisotopic (exact) mass is 470 g/mol. The van der Waals surface area contributed by atoms with E-state index in [2.05, 4.69) is 10.4 Å². The van der Waals surface area contributed by atoms with Crippen molar-refractivity contribution in [3.8, 4) is 0 Å². The minimum Gasteiger partial charge on any atom is -0.461 e. The van der Waals surface area contributed by atoms with Crippen molar-refractivity contribution in [2.24, 2.45) is 0 Å². The second kappa shape index (κ2) is 9.95. The fourth-order valence-electron chi connectivity index (χ4n) is 4.82. The van der Waals surface area contributed by atoms with Crippen molar-refractivity contribution < 1.29 is 23.5 Å². The van der Waals surface area contributed by atoms with Crippen LogP contribution in [-0.4, -0.2) is 45.8 Å². The molecule has 1 aliphatic carbocycles. The molecule has 2 amide bonds. The normalized spacial score (nSPS) is 21.4. The molecule has 0 spiro atoms. The molecule has 9 heteroatoms. The summed E-state index contributed by atoms with van der Waals surface area (Å²) in [5, 5.41) is 7.44. The van der Waals surface area contributed by atoms with Crippen molar-refractivity contribution >= 4 is 23.5 Å². The number of hydrogen-bond acceptors (Lipinski definition) is 5. The fraction of sp³-hybridized carbons (Fsp3) is 0.520. The van der Waals surface area contributed by atoms with Gasteiger partial charge in [-0.1, -0.05) is 32.1 Å². The molecule has 0 unspecified atom stereocenters. The van der Waals surface area contributed by atoms with Gasteiger partial charge in [0.1, 0.15) is 17.1 Å². The molecule has 1 aromatic heterocycles. The van der Waals surface area contributed by atoms with Gasteiger partial charge in [0.05, 0.1) is 13.2 Å². The number of rotatable bonds is 5. The number of anilines is 1. The molecule has 0 saturated heterocycles. The van der Waals surface area contributed by atoms with Crippen molar-refractivity contribution in [2.75, 3.05) is 11.5 Å². The number of carbonyl (C=O) groups is 3. The lowest BCUT2D eigenvalue weighted by atomic mass is 9.91. The van der Waals surface area contributed by atoms with Crippen molar-refractivity contribution in [1.29, 1.82) is 0 Å². The third-order valence-corrected chi connectivity index (χ3v) is 6.65. The molecule has 2 aliphatic rings. The molecule has 182 valence electrons. The Morgan fingerprint density at radius 2 is 1.79 bits per heavy atom. The van der Waals surface area contributed by atoms with Gasteiger partial charge in [-0.15, -0.1) is 0 Å². The van der Waals surface area contributed by atoms with Gasteiger partial charge in [-0.3, -0.25) is 19.2 Å². The second-order valence-electron chi connectivity index (χ2n) is 9.20. The van der Waals surface area contributed by atoms with Gasteiger partial charge in [0.15, 0.2) is 5.69 Å². The minimum absolute atomic E-state index is 0.00827. The SMILES string of the molecule is CCOC(=O)c1cc2n(n1)C[C@@](C)(C(=O)NC1CCCCCCC1)N(c1ccc(F)cc1)C2=O. The Bertz CT molecular complexity index is 1060. The van der Waals surface area contributed by atoms with Crippen LogP contribution in [0.15, 0.2) is 30.3 Å². The van der Waals surface area contributed by atoms with Crippen molar-refractivity contribution in [1.82, 2.24) is 15.1 Å². The summed E-state index contributed by atoms with van der Waals surface area (Å²) in [6, 6.07) is 6.88. The molecule has 4 rings (SSSR count). The summed E-state index contributed by atoms with van der Waals surface area (Å²) < 4.78 is 20.1. The molecule has 1 saturated carbocycles. The number of esters is 1. The zero-order chi connectivity index (χ0) is 24.3. The Kier molecular flexibility index (Phi) is 7.00. The van der Waals surface area contributed by atoms with Gasteiger partial charge in [-0.05, 0) is 51.0 Å². The van der Waals surface area contributed by atoms with Gasteiger partial charge >= 0.3 is 5.97 Å². The number of benzene rings is 1. The van der Waals surface area contributed by atoms with Crippen LogP contribution in [0.25, 0.3) is 0 Å². The summed E-state index contributed by atoms with van der Waals surface area (Å²) >= 11 is 0. The molecule has 1 aromatic carbocycles. The fourth-order valence-corrected chi connectivity index (χ4v) is 4.82. The Labute approximate surface area is 198 Å². The quantitative estimate of drug-likeness (QED) is 0.670. The number of hydrogen-bond donors (Lipinski definition) is 1. The molecule has 1 fully saturated rings. The first-order valence-corrected chi connectivity index (χ1v) is 12.0. The van der Waals surface area contributed by atoms with Gasteiger partial charge in [-0.2, -0.15) is 5.10 Å². The van der Waals surface area contributed by atoms with Gasteiger partial charge in [0.2, 0.25) is 5.91 Å². The largest absolute Gasteiger partial charge is 0.461 e. The maximum Gasteiger partial charge on any atom is 0.358 e. The molecular formula is C25H31FN4O4. The minimum atomic E-state index is -1.33. The van der Waals surface area contributed by atoms with Crippen LogP contribution >= 0.6 is 0 Å². The lowest BCUT2D eigenvalue weighted by Crippen LogP contribution is -2.65. The average Bonchev–Trinajstić information content (AvgIpc) is 3.21. The van der Waals surface area contributed by atoms with E-state index in [0.717, 1.165) is 38.5 Å². The Morgan fingerprint density at radius 3 is 2.44 bits per heavy atom. The predicted octanol–water partition coefficient (Wildman–Crippen LogP) is 3.85. The maximum absolute atomic E-state index is 13.7. The highest BCUT2D eigenvalue weighted by Crippen LogP contribution is 2.33. The number of ether oxygens (including phenoxy) is 1. The third kappa shape index (κ3) is 4.69. The van der Waals surface area contributed by atoms with Crippen molar-refractivity contribution in [3.05, 3.63) is 47.5 Å². The highest BCUT2D eigenvalue weighted by Gasteiger charge is 2.49. The van der Waals surface area contributed by atoms with Crippen LogP contribution < -0.4 is 10.2 Å². The van der Waals surface area contributed by atoms with Gasteiger partial charge in [0.25, 0.3) is 5.91 Å². The Morgan fingerprint density at radius 1 is 1.15 bits per heavy atom. The number of amides is 2. The van der Waals surface area contributed by atoms with E-state index in [-0.39, 0.29) is 36.5 Å². The van der Waals surface area contributed by atoms with E-state index in [1.54, 1.807) is 13.8 Å². The van der Waals surface area contributed by atoms with E-state index >= 15 is 0 Å². The second-order valence-corrected chi connectivity index (χ2v) is 9.20. The summed E-state index contributed by atoms with van der Waals surface area (Å²) in [5.74, 6) is -1.86. The lowest BCUT2D eigenvalue weighted by molar-refractivity contribution is -0.127. The van der Waals surface area contributed by atoms with E-state index in [1.165, 1.54) is 46.3 Å². The standard InChI is InChI=1S/C25H31FN4O4/c1-3-34-23(32)20-15-21-22(31)30(19-13-11-17(26)12-14-19)25(2,16-29(21)28-20)24(33)27-18-9-7-5-4-6-8-10-18/h11-15,18H,3-10,16H2,1-2H3,(H,27,33)/t25-/m0/s1. The molecular weight excluding hydrogens is 439 g/mol. The van der Waals surface area contributed by atoms with E-state index in [4.69, 9.17) is 4.74 Å². The van der Waals surface area contributed by atoms with Gasteiger partial charge < -0.3 is 10.1 Å². The number of aromatic nitrogens is 2. The number of halogens is 1. The van der Waals surface area contributed by atoms with E-state index in [9.17, 15) is 18.8 Å². The van der Waals surface area contributed by atoms with Crippen LogP contribution in [0.5, 0.6) is 0 Å². The summed E-state index contributed by atoms with van der Waals surface area (Å²) in [5.41, 5.74) is -0.758. The summed E-state index contributed by atoms with van der Waals surface area (Å²) in [4.78, 5) is 41.0. The molecule has 2 aromatic rings. The number of fused-ring (bicyclic) bond motifs is 1. The third-order valence-electron chi connectivity index (χ3n) is 6.65. The zero-order valence-electron chi connectivity index (χ0n) is 19.7. The van der Waals surface area contributed by atoms with Crippen LogP contribution in [0.3, 0.4) is 0 Å². The maximum atomic E-state index is 13.7. The van der Waals surface area contributed by atoms with E-state index < -0.39 is 23.2 Å². The Balaban J connectivity index is 1.70. The molecule has 1 N–H and O–H groups in total. The smallest absolute Gasteiger partial charge is 0.358 e. The average molecular weight is 471 g/mol. The van der Waals surface area contributed by atoms with Gasteiger partial charge in [-0.25, -0.2) is 9.18 Å². The zero-order valence-corrected chi connectivity index (χ0v) is 19.7. The summed E-state index contributed by atoms with van der Waals surface area (Å²) in [7, 11) is 0. The molecule has 34 heavy (non-hydrogen) atoms. The first-order valence-electron chi connectivity index (χ1n) is 12.0. The molecule has 0 bridgehead atoms. The van der Waals surface area contributed by atoms with E-state index in [0.29, 0.717) is 5.69 Å². The van der Waals surface area contributed by atoms with Crippen LogP contribution in [-0.2, 0) is 16.1 Å². The van der Waals surface area contributed by atoms with Crippen molar-refractivity contribution in [2.45, 2.75) is 76.9 Å². The highest BCUT2D eigenvalue weighted by molar-refractivity contribution is 6.12. The molecule has 2 heterocycles. The van der Waals surface area contributed by atoms with E-state index in [1.807, 2.05) is 0 Å². The molecule has 1 atom stereocenters. The molecule has 1 aliphatic heterocycles. The number of nitrogens with one attached hydrogen (secondary N) is 1. The molecule has 0 radical (unpaired) electrons. The Hall–Kier alpha value is -3.23. The number of nitrogens with zero attached hydrogens (tertiary/aromatic N) is 3. The van der Waals surface area contributed by atoms with Crippen molar-refractivity contribution in [3.63, 3.8) is 0 Å². The van der Waals surface area contributed by atoms with Crippen LogP contribution in [0.1, 0.15) is 79.8 Å². The predicted molar refractivity (Wildman–Crippen MR) is 124 cm³/mol. The summed E-state index contributed by atoms with van der Waals surface area (Å²) in [6.45, 7) is 3.59. The van der Waals surface area contributed by atoms with Crippen LogP contribution in [0.4, 0.5) is 10.1 Å².